The van der Waals surface area contributed by atoms with Crippen LogP contribution in [-0.4, -0.2) is 5.97 Å². The molecule has 0 aliphatic heterocycles. The van der Waals surface area contributed by atoms with Crippen molar-refractivity contribution in [2.75, 3.05) is 0 Å². The van der Waals surface area contributed by atoms with Gasteiger partial charge in [0, 0.05) is 5.57 Å². The van der Waals surface area contributed by atoms with E-state index >= 15 is 0 Å². The van der Waals surface area contributed by atoms with Crippen molar-refractivity contribution in [3.63, 3.8) is 0 Å². The van der Waals surface area contributed by atoms with Crippen LogP contribution in [0, 0.1) is 5.53 Å². The first-order valence-electron chi connectivity index (χ1n) is 3.98. The molecule has 0 radical (unpaired) electrons. The number of nitrogens with one attached hydrogen (secondary N) is 1. The molecule has 14 heavy (non-hydrogen) atoms. The van der Waals surface area contributed by atoms with Crippen LogP contribution in [0.4, 0.5) is 5.69 Å². The Morgan fingerprint density at radius 1 is 1.43 bits per heavy atom. The van der Waals surface area contributed by atoms with E-state index in [1.54, 1.807) is 31.2 Å². The molecule has 1 aromatic carbocycles. The molecule has 0 aliphatic rings. The molecule has 1 N–H and O–H groups in total. The largest absolute Gasteiger partial charge is 0.423 e. The molecule has 1 rings (SSSR count). The van der Waals surface area contributed by atoms with Gasteiger partial charge in [-0.05, 0) is 31.2 Å². The molecule has 4 nitrogen and oxygen atoms in total. The maximum absolute atomic E-state index is 11.1. The van der Waals surface area contributed by atoms with Crippen molar-refractivity contribution in [3.8, 4) is 5.75 Å². The SMILES string of the molecule is C=C(C)C(=O)Oc1ccc(N=N)cc1. The first-order valence-corrected chi connectivity index (χ1v) is 3.98. The van der Waals surface area contributed by atoms with Crippen molar-refractivity contribution in [3.05, 3.63) is 36.4 Å². The van der Waals surface area contributed by atoms with Crippen LogP contribution >= 0.6 is 0 Å². The second kappa shape index (κ2) is 4.32. The molecule has 0 bridgehead atoms. The van der Waals surface area contributed by atoms with Crippen LogP contribution in [0.5, 0.6) is 5.75 Å². The Labute approximate surface area is 81.7 Å². The Kier molecular flexibility index (Phi) is 3.12. The second-order valence-electron chi connectivity index (χ2n) is 2.78. The summed E-state index contributed by atoms with van der Waals surface area (Å²) < 4.78 is 4.93. The summed E-state index contributed by atoms with van der Waals surface area (Å²) in [7, 11) is 0. The van der Waals surface area contributed by atoms with Gasteiger partial charge >= 0.3 is 5.97 Å². The molecule has 0 aromatic heterocycles. The number of nitrogens with zero attached hydrogens (tertiary/aromatic N) is 1. The number of hydrogen-bond donors (Lipinski definition) is 1. The second-order valence-corrected chi connectivity index (χ2v) is 2.78. The highest BCUT2D eigenvalue weighted by Gasteiger charge is 2.04. The molecule has 72 valence electrons. The summed E-state index contributed by atoms with van der Waals surface area (Å²) in [5.41, 5.74) is 7.59. The third-order valence-electron chi connectivity index (χ3n) is 1.52. The van der Waals surface area contributed by atoms with E-state index in [0.717, 1.165) is 0 Å². The molecule has 0 heterocycles. The lowest BCUT2D eigenvalue weighted by molar-refractivity contribution is -0.130. The van der Waals surface area contributed by atoms with E-state index in [1.165, 1.54) is 0 Å². The van der Waals surface area contributed by atoms with Gasteiger partial charge in [0.15, 0.2) is 0 Å². The molecule has 0 aliphatic carbocycles. The van der Waals surface area contributed by atoms with Gasteiger partial charge in [0.25, 0.3) is 0 Å². The molecular formula is C10H10N2O2. The topological polar surface area (TPSA) is 62.5 Å². The molecule has 0 saturated heterocycles. The summed E-state index contributed by atoms with van der Waals surface area (Å²) in [5, 5.41) is 3.22. The Morgan fingerprint density at radius 3 is 2.43 bits per heavy atom. The van der Waals surface area contributed by atoms with Crippen molar-refractivity contribution in [2.45, 2.75) is 6.92 Å². The van der Waals surface area contributed by atoms with Crippen LogP contribution in [0.1, 0.15) is 6.92 Å². The molecule has 1 aromatic rings. The van der Waals surface area contributed by atoms with Gasteiger partial charge in [-0.15, -0.1) is 0 Å². The number of esters is 1. The van der Waals surface area contributed by atoms with Crippen LogP contribution < -0.4 is 4.74 Å². The molecule has 0 amide bonds. The van der Waals surface area contributed by atoms with Crippen LogP contribution in [0.2, 0.25) is 0 Å². The summed E-state index contributed by atoms with van der Waals surface area (Å²) in [4.78, 5) is 11.1. The third kappa shape index (κ3) is 2.52. The Hall–Kier alpha value is -1.97. The van der Waals surface area contributed by atoms with Crippen LogP contribution in [-0.2, 0) is 4.79 Å². The minimum absolute atomic E-state index is 0.347. The van der Waals surface area contributed by atoms with Crippen LogP contribution in [0.3, 0.4) is 0 Å². The van der Waals surface area contributed by atoms with E-state index in [0.29, 0.717) is 17.0 Å². The third-order valence-corrected chi connectivity index (χ3v) is 1.52. The van der Waals surface area contributed by atoms with Gasteiger partial charge in [-0.25, -0.2) is 10.3 Å². The quantitative estimate of drug-likeness (QED) is 0.344. The van der Waals surface area contributed by atoms with Crippen molar-refractivity contribution >= 4 is 11.7 Å². The van der Waals surface area contributed by atoms with Crippen LogP contribution in [0.25, 0.3) is 0 Å². The highest BCUT2D eigenvalue weighted by atomic mass is 16.5. The highest BCUT2D eigenvalue weighted by molar-refractivity contribution is 5.88. The van der Waals surface area contributed by atoms with Crippen molar-refractivity contribution in [1.82, 2.24) is 0 Å². The zero-order chi connectivity index (χ0) is 10.6. The molecule has 0 spiro atoms. The average molecular weight is 190 g/mol. The van der Waals surface area contributed by atoms with E-state index in [2.05, 4.69) is 11.7 Å². The van der Waals surface area contributed by atoms with E-state index in [1.807, 2.05) is 0 Å². The predicted molar refractivity (Wildman–Crippen MR) is 51.7 cm³/mol. The molecule has 0 saturated carbocycles. The fourth-order valence-electron chi connectivity index (χ4n) is 0.783. The summed E-state index contributed by atoms with van der Waals surface area (Å²) in [6, 6.07) is 6.34. The number of ether oxygens (including phenoxy) is 1. The minimum Gasteiger partial charge on any atom is -0.423 e. The molecule has 0 atom stereocenters. The fraction of sp³-hybridized carbons (Fsp3) is 0.100. The lowest BCUT2D eigenvalue weighted by atomic mass is 10.3. The maximum Gasteiger partial charge on any atom is 0.338 e. The first kappa shape index (κ1) is 10.1. The minimum atomic E-state index is -0.458. The van der Waals surface area contributed by atoms with Gasteiger partial charge in [-0.3, -0.25) is 0 Å². The van der Waals surface area contributed by atoms with Gasteiger partial charge < -0.3 is 4.74 Å². The van der Waals surface area contributed by atoms with Gasteiger partial charge in [-0.1, -0.05) is 6.58 Å². The summed E-state index contributed by atoms with van der Waals surface area (Å²) in [5.74, 6) is -0.0361. The predicted octanol–water partition coefficient (Wildman–Crippen LogP) is 2.83. The molecule has 0 fully saturated rings. The van der Waals surface area contributed by atoms with Gasteiger partial charge in [-0.2, -0.15) is 5.11 Å². The number of hydrogen-bond acceptors (Lipinski definition) is 4. The Morgan fingerprint density at radius 2 is 2.00 bits per heavy atom. The first-order chi connectivity index (χ1) is 6.63. The summed E-state index contributed by atoms with van der Waals surface area (Å²) >= 11 is 0. The zero-order valence-corrected chi connectivity index (χ0v) is 7.78. The fourth-order valence-corrected chi connectivity index (χ4v) is 0.783. The van der Waals surface area contributed by atoms with Gasteiger partial charge in [0.1, 0.15) is 5.75 Å². The average Bonchev–Trinajstić information content (AvgIpc) is 2.19. The van der Waals surface area contributed by atoms with Crippen LogP contribution in [0.15, 0.2) is 41.5 Å². The Balaban J connectivity index is 2.73. The molecular weight excluding hydrogens is 180 g/mol. The van der Waals surface area contributed by atoms with E-state index in [-0.39, 0.29) is 0 Å². The lowest BCUT2D eigenvalue weighted by Gasteiger charge is -2.02. The van der Waals surface area contributed by atoms with E-state index in [9.17, 15) is 4.79 Å². The summed E-state index contributed by atoms with van der Waals surface area (Å²) in [6.07, 6.45) is 0. The van der Waals surface area contributed by atoms with Crippen molar-refractivity contribution in [1.29, 1.82) is 5.53 Å². The molecule has 4 heteroatoms. The number of carbonyl (C=O) groups is 1. The number of carbonyl (C=O) groups excluding carboxylic acids is 1. The summed E-state index contributed by atoms with van der Waals surface area (Å²) in [6.45, 7) is 5.04. The van der Waals surface area contributed by atoms with Crippen molar-refractivity contribution in [2.24, 2.45) is 5.11 Å². The van der Waals surface area contributed by atoms with E-state index in [4.69, 9.17) is 10.3 Å². The number of benzene rings is 1. The standard InChI is InChI=1S/C10H10N2O2/c1-7(2)10(13)14-9-5-3-8(12-11)4-6-9/h3-6,11H,1H2,2H3. The van der Waals surface area contributed by atoms with E-state index < -0.39 is 5.97 Å². The zero-order valence-electron chi connectivity index (χ0n) is 7.78. The van der Waals surface area contributed by atoms with Gasteiger partial charge in [0.2, 0.25) is 0 Å². The maximum atomic E-state index is 11.1. The smallest absolute Gasteiger partial charge is 0.338 e. The number of rotatable bonds is 3. The van der Waals surface area contributed by atoms with Gasteiger partial charge in [0.05, 0.1) is 5.69 Å². The highest BCUT2D eigenvalue weighted by Crippen LogP contribution is 2.18. The normalized spacial score (nSPS) is 9.21. The molecule has 0 unspecified atom stereocenters. The monoisotopic (exact) mass is 190 g/mol. The Bertz CT molecular complexity index is 368. The van der Waals surface area contributed by atoms with Crippen molar-refractivity contribution < 1.29 is 9.53 Å². The lowest BCUT2D eigenvalue weighted by Crippen LogP contribution is -2.07.